The highest BCUT2D eigenvalue weighted by atomic mass is 19.3. The van der Waals surface area contributed by atoms with Crippen molar-refractivity contribution in [1.29, 1.82) is 0 Å². The lowest BCUT2D eigenvalue weighted by atomic mass is 10.00. The van der Waals surface area contributed by atoms with Gasteiger partial charge in [0, 0.05) is 30.8 Å². The third kappa shape index (κ3) is 6.50. The SMILES string of the molecule is COc1cc(-c2cnc3cc(OCCOCCN(C)C)ccn23)cc(OC(F)F)c1C(=O)CC1CC1. The first-order valence-electron chi connectivity index (χ1n) is 11.9. The number of benzene rings is 1. The monoisotopic (exact) mass is 503 g/mol. The molecule has 0 aliphatic heterocycles. The van der Waals surface area contributed by atoms with E-state index in [-0.39, 0.29) is 29.3 Å². The summed E-state index contributed by atoms with van der Waals surface area (Å²) in [4.78, 5) is 19.3. The molecule has 0 spiro atoms. The van der Waals surface area contributed by atoms with E-state index in [4.69, 9.17) is 18.9 Å². The summed E-state index contributed by atoms with van der Waals surface area (Å²) in [6.07, 6.45) is 5.62. The van der Waals surface area contributed by atoms with Crippen molar-refractivity contribution in [3.8, 4) is 28.5 Å². The van der Waals surface area contributed by atoms with E-state index in [9.17, 15) is 13.6 Å². The highest BCUT2D eigenvalue weighted by molar-refractivity contribution is 6.02. The molecule has 0 saturated heterocycles. The topological polar surface area (TPSA) is 74.5 Å². The Balaban J connectivity index is 1.55. The van der Waals surface area contributed by atoms with Gasteiger partial charge in [0.25, 0.3) is 0 Å². The number of carbonyl (C=O) groups is 1. The predicted molar refractivity (Wildman–Crippen MR) is 130 cm³/mol. The molecular weight excluding hydrogens is 472 g/mol. The predicted octanol–water partition coefficient (Wildman–Crippen LogP) is 4.55. The van der Waals surface area contributed by atoms with Gasteiger partial charge in [0.2, 0.25) is 0 Å². The maximum atomic E-state index is 13.2. The third-order valence-electron chi connectivity index (χ3n) is 5.91. The van der Waals surface area contributed by atoms with Gasteiger partial charge >= 0.3 is 6.61 Å². The van der Waals surface area contributed by atoms with E-state index in [1.54, 1.807) is 35.0 Å². The first kappa shape index (κ1) is 25.8. The number of likely N-dealkylation sites (N-methyl/N-ethyl adjacent to an activating group) is 1. The maximum absolute atomic E-state index is 13.2. The number of methoxy groups -OCH3 is 1. The van der Waals surface area contributed by atoms with Crippen molar-refractivity contribution in [2.75, 3.05) is 47.6 Å². The Labute approximate surface area is 208 Å². The molecule has 0 unspecified atom stereocenters. The molecule has 194 valence electrons. The van der Waals surface area contributed by atoms with Crippen LogP contribution in [0.25, 0.3) is 16.9 Å². The average Bonchev–Trinajstić information content (AvgIpc) is 3.55. The minimum absolute atomic E-state index is 0.0470. The molecule has 1 aromatic carbocycles. The number of nitrogens with zero attached hydrogens (tertiary/aromatic N) is 3. The molecule has 0 atom stereocenters. The van der Waals surface area contributed by atoms with Crippen LogP contribution in [0, 0.1) is 5.92 Å². The summed E-state index contributed by atoms with van der Waals surface area (Å²) in [5, 5.41) is 0. The number of hydrogen-bond acceptors (Lipinski definition) is 7. The Bertz CT molecular complexity index is 1190. The van der Waals surface area contributed by atoms with E-state index in [2.05, 4.69) is 4.98 Å². The van der Waals surface area contributed by atoms with Crippen LogP contribution in [0.3, 0.4) is 0 Å². The van der Waals surface area contributed by atoms with Crippen LogP contribution in [0.2, 0.25) is 0 Å². The number of imidazole rings is 1. The minimum Gasteiger partial charge on any atom is -0.496 e. The molecule has 0 radical (unpaired) electrons. The molecular formula is C26H31F2N3O5. The summed E-state index contributed by atoms with van der Waals surface area (Å²) >= 11 is 0. The molecule has 2 aromatic heterocycles. The van der Waals surface area contributed by atoms with Crippen molar-refractivity contribution in [3.05, 3.63) is 42.2 Å². The van der Waals surface area contributed by atoms with Gasteiger partial charge in [0.15, 0.2) is 5.78 Å². The second-order valence-corrected chi connectivity index (χ2v) is 9.00. The van der Waals surface area contributed by atoms with Gasteiger partial charge in [-0.25, -0.2) is 4.98 Å². The zero-order valence-electron chi connectivity index (χ0n) is 20.7. The molecule has 0 amide bonds. The van der Waals surface area contributed by atoms with Gasteiger partial charge in [-0.2, -0.15) is 8.78 Å². The Morgan fingerprint density at radius 2 is 1.94 bits per heavy atom. The average molecular weight is 504 g/mol. The van der Waals surface area contributed by atoms with Crippen molar-refractivity contribution in [2.45, 2.75) is 25.9 Å². The van der Waals surface area contributed by atoms with Gasteiger partial charge in [-0.1, -0.05) is 0 Å². The fraction of sp³-hybridized carbons (Fsp3) is 0.462. The van der Waals surface area contributed by atoms with Crippen LogP contribution in [0.1, 0.15) is 29.6 Å². The first-order valence-corrected chi connectivity index (χ1v) is 11.9. The van der Waals surface area contributed by atoms with Gasteiger partial charge in [-0.15, -0.1) is 0 Å². The number of aromatic nitrogens is 2. The number of pyridine rings is 1. The van der Waals surface area contributed by atoms with Crippen molar-refractivity contribution in [1.82, 2.24) is 14.3 Å². The summed E-state index contributed by atoms with van der Waals surface area (Å²) in [5.74, 6) is 0.659. The minimum atomic E-state index is -3.08. The van der Waals surface area contributed by atoms with E-state index in [0.29, 0.717) is 48.4 Å². The largest absolute Gasteiger partial charge is 0.496 e. The second kappa shape index (κ2) is 11.7. The third-order valence-corrected chi connectivity index (χ3v) is 5.91. The number of carbonyl (C=O) groups excluding carboxylic acids is 1. The lowest BCUT2D eigenvalue weighted by Crippen LogP contribution is -2.19. The molecule has 4 rings (SSSR count). The second-order valence-electron chi connectivity index (χ2n) is 9.00. The van der Waals surface area contributed by atoms with Crippen molar-refractivity contribution < 1.29 is 32.5 Å². The summed E-state index contributed by atoms with van der Waals surface area (Å²) < 4.78 is 49.8. The van der Waals surface area contributed by atoms with Gasteiger partial charge < -0.3 is 23.8 Å². The fourth-order valence-corrected chi connectivity index (χ4v) is 3.88. The van der Waals surface area contributed by atoms with Gasteiger partial charge in [0.1, 0.15) is 35.1 Å². The maximum Gasteiger partial charge on any atom is 0.387 e. The Kier molecular flexibility index (Phi) is 8.37. The van der Waals surface area contributed by atoms with Crippen molar-refractivity contribution in [3.63, 3.8) is 0 Å². The summed E-state index contributed by atoms with van der Waals surface area (Å²) in [6.45, 7) is -0.736. The quantitative estimate of drug-likeness (QED) is 0.236. The molecule has 36 heavy (non-hydrogen) atoms. The number of ether oxygens (including phenoxy) is 4. The van der Waals surface area contributed by atoms with E-state index < -0.39 is 6.61 Å². The summed E-state index contributed by atoms with van der Waals surface area (Å²) in [7, 11) is 5.38. The lowest BCUT2D eigenvalue weighted by Gasteiger charge is -2.16. The molecule has 1 saturated carbocycles. The Morgan fingerprint density at radius 3 is 2.64 bits per heavy atom. The zero-order valence-corrected chi connectivity index (χ0v) is 20.7. The first-order chi connectivity index (χ1) is 17.4. The zero-order chi connectivity index (χ0) is 25.7. The number of rotatable bonds is 14. The van der Waals surface area contributed by atoms with Gasteiger partial charge in [0.05, 0.1) is 32.2 Å². The molecule has 1 aliphatic carbocycles. The van der Waals surface area contributed by atoms with Crippen LogP contribution in [0.4, 0.5) is 8.78 Å². The molecule has 0 bridgehead atoms. The van der Waals surface area contributed by atoms with E-state index in [0.717, 1.165) is 19.4 Å². The van der Waals surface area contributed by atoms with Crippen LogP contribution in [-0.4, -0.2) is 74.2 Å². The van der Waals surface area contributed by atoms with Crippen LogP contribution < -0.4 is 14.2 Å². The van der Waals surface area contributed by atoms with Crippen LogP contribution in [0.15, 0.2) is 36.7 Å². The number of hydrogen-bond donors (Lipinski definition) is 0. The molecule has 1 fully saturated rings. The molecule has 1 aliphatic rings. The van der Waals surface area contributed by atoms with E-state index >= 15 is 0 Å². The Morgan fingerprint density at radius 1 is 1.17 bits per heavy atom. The van der Waals surface area contributed by atoms with E-state index in [1.807, 2.05) is 19.0 Å². The highest BCUT2D eigenvalue weighted by Crippen LogP contribution is 2.40. The van der Waals surface area contributed by atoms with Crippen LogP contribution in [-0.2, 0) is 4.74 Å². The number of alkyl halides is 2. The number of fused-ring (bicyclic) bond motifs is 1. The Hall–Kier alpha value is -3.24. The van der Waals surface area contributed by atoms with Crippen molar-refractivity contribution >= 4 is 11.4 Å². The smallest absolute Gasteiger partial charge is 0.387 e. The normalized spacial score (nSPS) is 13.5. The lowest BCUT2D eigenvalue weighted by molar-refractivity contribution is -0.0502. The van der Waals surface area contributed by atoms with Crippen LogP contribution >= 0.6 is 0 Å². The number of Topliss-reactive ketones (excluding diaryl/α,β-unsaturated/α-hetero) is 1. The fourth-order valence-electron chi connectivity index (χ4n) is 3.88. The summed E-state index contributed by atoms with van der Waals surface area (Å²) in [6, 6.07) is 6.66. The number of halogens is 2. The van der Waals surface area contributed by atoms with Crippen molar-refractivity contribution in [2.24, 2.45) is 5.92 Å². The van der Waals surface area contributed by atoms with Gasteiger partial charge in [-0.3, -0.25) is 9.20 Å². The molecule has 10 heteroatoms. The highest BCUT2D eigenvalue weighted by Gasteiger charge is 2.29. The van der Waals surface area contributed by atoms with Crippen LogP contribution in [0.5, 0.6) is 17.2 Å². The standard InChI is InChI=1S/C26H31F2N3O5/c1-30(2)8-9-34-10-11-35-19-6-7-31-20(16-29-24(31)15-19)18-13-22(33-3)25(21(32)12-17-4-5-17)23(14-18)36-26(27)28/h6-7,13-17,26H,4-5,8-12H2,1-3H3. The number of ketones is 1. The van der Waals surface area contributed by atoms with Gasteiger partial charge in [-0.05, 0) is 51.1 Å². The molecule has 8 nitrogen and oxygen atoms in total. The molecule has 0 N–H and O–H groups in total. The van der Waals surface area contributed by atoms with E-state index in [1.165, 1.54) is 13.2 Å². The molecule has 2 heterocycles. The molecule has 3 aromatic rings. The summed E-state index contributed by atoms with van der Waals surface area (Å²) in [5.41, 5.74) is 1.81.